The van der Waals surface area contributed by atoms with Gasteiger partial charge in [-0.15, -0.1) is 0 Å². The maximum absolute atomic E-state index is 12.4. The summed E-state index contributed by atoms with van der Waals surface area (Å²) in [5.41, 5.74) is 1.51. The van der Waals surface area contributed by atoms with E-state index in [1.165, 1.54) is 90.6 Å². The molecule has 1 N–H and O–H groups in total. The van der Waals surface area contributed by atoms with Gasteiger partial charge in [0, 0.05) is 18.4 Å². The van der Waals surface area contributed by atoms with Crippen LogP contribution in [0.4, 0.5) is 5.69 Å². The van der Waals surface area contributed by atoms with Crippen LogP contribution >= 0.6 is 0 Å². The first-order chi connectivity index (χ1) is 16.2. The minimum absolute atomic E-state index is 0.293. The largest absolute Gasteiger partial charge is 0.478 e. The van der Waals surface area contributed by atoms with Gasteiger partial charge in [-0.05, 0) is 42.8 Å². The second kappa shape index (κ2) is 17.0. The van der Waals surface area contributed by atoms with Gasteiger partial charge in [0.2, 0.25) is 0 Å². The summed E-state index contributed by atoms with van der Waals surface area (Å²) in [7, 11) is 1.50. The normalized spacial score (nSPS) is 10.7. The molecule has 0 amide bonds. The smallest absolute Gasteiger partial charge is 0.343 e. The summed E-state index contributed by atoms with van der Waals surface area (Å²) in [5.74, 6) is 0.181. The quantitative estimate of drug-likeness (QED) is 0.184. The van der Waals surface area contributed by atoms with Gasteiger partial charge in [0.15, 0.2) is 5.75 Å². The van der Waals surface area contributed by atoms with E-state index in [0.29, 0.717) is 17.2 Å². The summed E-state index contributed by atoms with van der Waals surface area (Å²) in [5, 5.41) is 3.44. The van der Waals surface area contributed by atoms with Crippen molar-refractivity contribution < 1.29 is 14.3 Å². The fourth-order valence-electron chi connectivity index (χ4n) is 3.87. The topological polar surface area (TPSA) is 60.5 Å². The molecule has 1 aromatic carbocycles. The summed E-state index contributed by atoms with van der Waals surface area (Å²) in [6.07, 6.45) is 19.3. The van der Waals surface area contributed by atoms with Crippen molar-refractivity contribution in [1.82, 2.24) is 4.98 Å². The number of rotatable bonds is 18. The number of benzene rings is 1. The number of anilines is 1. The van der Waals surface area contributed by atoms with Crippen LogP contribution < -0.4 is 14.8 Å². The molecular weight excluding hydrogens is 412 g/mol. The lowest BCUT2D eigenvalue weighted by Crippen LogP contribution is -2.10. The van der Waals surface area contributed by atoms with E-state index in [9.17, 15) is 4.79 Å². The van der Waals surface area contributed by atoms with Crippen molar-refractivity contribution in [3.63, 3.8) is 0 Å². The van der Waals surface area contributed by atoms with Crippen LogP contribution in [-0.4, -0.2) is 24.6 Å². The van der Waals surface area contributed by atoms with Crippen LogP contribution in [0, 0.1) is 0 Å². The minimum Gasteiger partial charge on any atom is -0.478 e. The maximum Gasteiger partial charge on any atom is 0.343 e. The number of pyridine rings is 1. The Kier molecular flexibility index (Phi) is 13.7. The lowest BCUT2D eigenvalue weighted by molar-refractivity contribution is 0.0728. The first-order valence-electron chi connectivity index (χ1n) is 12.8. The molecule has 182 valence electrons. The molecule has 0 aliphatic rings. The van der Waals surface area contributed by atoms with Gasteiger partial charge in [0.25, 0.3) is 5.88 Å². The fourth-order valence-corrected chi connectivity index (χ4v) is 3.87. The number of unbranched alkanes of at least 4 members (excludes halogenated alkanes) is 12. The molecular formula is C28H42N2O3. The lowest BCUT2D eigenvalue weighted by Gasteiger charge is -2.09. The Morgan fingerprint density at radius 2 is 1.39 bits per heavy atom. The van der Waals surface area contributed by atoms with Gasteiger partial charge in [0.1, 0.15) is 0 Å². The lowest BCUT2D eigenvalue weighted by atomic mass is 10.0. The number of nitrogens with zero attached hydrogens (tertiary/aromatic N) is 1. The zero-order valence-electron chi connectivity index (χ0n) is 20.6. The van der Waals surface area contributed by atoms with Crippen LogP contribution in [0.1, 0.15) is 101 Å². The van der Waals surface area contributed by atoms with Crippen LogP contribution in [0.3, 0.4) is 0 Å². The number of methoxy groups -OCH3 is 1. The van der Waals surface area contributed by atoms with E-state index in [1.54, 1.807) is 30.5 Å². The van der Waals surface area contributed by atoms with Crippen molar-refractivity contribution in [3.8, 4) is 11.6 Å². The van der Waals surface area contributed by atoms with Crippen molar-refractivity contribution in [2.24, 2.45) is 0 Å². The Bertz CT molecular complexity index is 777. The first-order valence-corrected chi connectivity index (χ1v) is 12.8. The van der Waals surface area contributed by atoms with Crippen molar-refractivity contribution in [1.29, 1.82) is 0 Å². The third kappa shape index (κ3) is 11.2. The number of ether oxygens (including phenoxy) is 2. The van der Waals surface area contributed by atoms with E-state index in [0.717, 1.165) is 12.2 Å². The summed E-state index contributed by atoms with van der Waals surface area (Å²) >= 11 is 0. The van der Waals surface area contributed by atoms with Gasteiger partial charge in [-0.3, -0.25) is 0 Å². The van der Waals surface area contributed by atoms with Crippen LogP contribution in [0.2, 0.25) is 0 Å². The van der Waals surface area contributed by atoms with Gasteiger partial charge >= 0.3 is 5.97 Å². The van der Waals surface area contributed by atoms with Crippen molar-refractivity contribution >= 4 is 11.7 Å². The molecule has 5 nitrogen and oxygen atoms in total. The third-order valence-corrected chi connectivity index (χ3v) is 5.86. The minimum atomic E-state index is -0.427. The molecule has 0 saturated heterocycles. The fraction of sp³-hybridized carbons (Fsp3) is 0.571. The summed E-state index contributed by atoms with van der Waals surface area (Å²) < 4.78 is 10.5. The Hall–Kier alpha value is -2.56. The van der Waals surface area contributed by atoms with Gasteiger partial charge in [-0.25, -0.2) is 9.78 Å². The average Bonchev–Trinajstić information content (AvgIpc) is 2.85. The number of carbonyl (C=O) groups excluding carboxylic acids is 1. The van der Waals surface area contributed by atoms with Gasteiger partial charge < -0.3 is 14.8 Å². The molecule has 0 fully saturated rings. The number of hydrogen-bond donors (Lipinski definition) is 1. The Morgan fingerprint density at radius 1 is 0.818 bits per heavy atom. The zero-order chi connectivity index (χ0) is 23.6. The first kappa shape index (κ1) is 26.7. The van der Waals surface area contributed by atoms with Crippen molar-refractivity contribution in [2.45, 2.75) is 90.4 Å². The summed E-state index contributed by atoms with van der Waals surface area (Å²) in [4.78, 5) is 16.4. The highest BCUT2D eigenvalue weighted by atomic mass is 16.6. The Labute approximate surface area is 200 Å². The molecule has 0 atom stereocenters. The highest BCUT2D eigenvalue weighted by Gasteiger charge is 2.12. The van der Waals surface area contributed by atoms with Gasteiger partial charge in [-0.2, -0.15) is 0 Å². The van der Waals surface area contributed by atoms with Crippen molar-refractivity contribution in [3.05, 3.63) is 48.2 Å². The van der Waals surface area contributed by atoms with Gasteiger partial charge in [-0.1, -0.05) is 84.0 Å². The third-order valence-electron chi connectivity index (χ3n) is 5.86. The van der Waals surface area contributed by atoms with Crippen LogP contribution in [-0.2, 0) is 0 Å². The number of aromatic nitrogens is 1. The Morgan fingerprint density at radius 3 is 1.97 bits per heavy atom. The molecule has 0 bridgehead atoms. The van der Waals surface area contributed by atoms with E-state index in [1.807, 2.05) is 12.1 Å². The van der Waals surface area contributed by atoms with Crippen LogP contribution in [0.25, 0.3) is 0 Å². The summed E-state index contributed by atoms with van der Waals surface area (Å²) in [6, 6.07) is 10.7. The molecule has 2 rings (SSSR count). The summed E-state index contributed by atoms with van der Waals surface area (Å²) in [6.45, 7) is 3.23. The van der Waals surface area contributed by atoms with Crippen LogP contribution in [0.15, 0.2) is 42.6 Å². The monoisotopic (exact) mass is 454 g/mol. The molecule has 0 saturated carbocycles. The number of hydrogen-bond acceptors (Lipinski definition) is 5. The van der Waals surface area contributed by atoms with Crippen LogP contribution in [0.5, 0.6) is 11.6 Å². The van der Waals surface area contributed by atoms with E-state index >= 15 is 0 Å². The second-order valence-corrected chi connectivity index (χ2v) is 8.65. The van der Waals surface area contributed by atoms with E-state index in [4.69, 9.17) is 9.47 Å². The predicted molar refractivity (Wildman–Crippen MR) is 136 cm³/mol. The number of carbonyl (C=O) groups is 1. The molecule has 2 aromatic rings. The van der Waals surface area contributed by atoms with E-state index in [-0.39, 0.29) is 0 Å². The molecule has 0 spiro atoms. The maximum atomic E-state index is 12.4. The molecule has 1 aromatic heterocycles. The van der Waals surface area contributed by atoms with Crippen molar-refractivity contribution in [2.75, 3.05) is 19.0 Å². The van der Waals surface area contributed by atoms with E-state index in [2.05, 4.69) is 17.2 Å². The predicted octanol–water partition coefficient (Wildman–Crippen LogP) is 7.81. The molecule has 0 radical (unpaired) electrons. The van der Waals surface area contributed by atoms with E-state index < -0.39 is 5.97 Å². The Balaban J connectivity index is 1.51. The molecule has 1 heterocycles. The second-order valence-electron chi connectivity index (χ2n) is 8.65. The SMILES string of the molecule is CCCCCCCCCCCCCCCNc1ccc(C(=O)Oc2cccnc2OC)cc1. The molecule has 0 aliphatic heterocycles. The zero-order valence-corrected chi connectivity index (χ0v) is 20.6. The average molecular weight is 455 g/mol. The molecule has 5 heteroatoms. The molecule has 0 unspecified atom stereocenters. The molecule has 0 aliphatic carbocycles. The molecule has 33 heavy (non-hydrogen) atoms. The highest BCUT2D eigenvalue weighted by Crippen LogP contribution is 2.24. The highest BCUT2D eigenvalue weighted by molar-refractivity contribution is 5.91. The van der Waals surface area contributed by atoms with Gasteiger partial charge in [0.05, 0.1) is 12.7 Å². The number of nitrogens with one attached hydrogen (secondary N) is 1. The standard InChI is InChI=1S/C28H42N2O3/c1-3-4-5-6-7-8-9-10-11-12-13-14-15-22-29-25-20-18-24(19-21-25)28(31)33-26-17-16-23-30-27(26)32-2/h16-21,23,29H,3-15,22H2,1-2H3. The number of esters is 1.